The fourth-order valence-electron chi connectivity index (χ4n) is 1.37. The second-order valence-corrected chi connectivity index (χ2v) is 2.74. The summed E-state index contributed by atoms with van der Waals surface area (Å²) in [4.78, 5) is 10.1. The molecule has 1 saturated carbocycles. The number of rotatable bonds is 2. The average Bonchev–Trinajstić information content (AvgIpc) is 2.34. The van der Waals surface area contributed by atoms with E-state index in [0.717, 1.165) is 0 Å². The minimum Gasteiger partial charge on any atom is -0.478 e. The highest BCUT2D eigenvalue weighted by Crippen LogP contribution is 2.25. The molecule has 0 aromatic heterocycles. The van der Waals surface area contributed by atoms with Gasteiger partial charge < -0.3 is 5.11 Å². The van der Waals surface area contributed by atoms with Gasteiger partial charge in [0.2, 0.25) is 0 Å². The third-order valence-corrected chi connectivity index (χ3v) is 1.91. The second kappa shape index (κ2) is 3.40. The minimum atomic E-state index is -0.827. The maximum absolute atomic E-state index is 10.1. The summed E-state index contributed by atoms with van der Waals surface area (Å²) in [5.41, 5.74) is 0. The van der Waals surface area contributed by atoms with Crippen molar-refractivity contribution in [3.63, 3.8) is 0 Å². The molecular weight excluding hydrogens is 128 g/mol. The molecule has 1 N–H and O–H groups in total. The van der Waals surface area contributed by atoms with Gasteiger partial charge in [-0.25, -0.2) is 4.79 Å². The van der Waals surface area contributed by atoms with Crippen molar-refractivity contribution in [3.05, 3.63) is 12.2 Å². The van der Waals surface area contributed by atoms with Crippen LogP contribution in [0.1, 0.15) is 25.7 Å². The predicted molar refractivity (Wildman–Crippen MR) is 38.7 cm³/mol. The lowest BCUT2D eigenvalue weighted by atomic mass is 10.1. The quantitative estimate of drug-likeness (QED) is 0.594. The predicted octanol–water partition coefficient (Wildman–Crippen LogP) is 1.82. The van der Waals surface area contributed by atoms with Gasteiger partial charge in [-0.05, 0) is 18.8 Å². The largest absolute Gasteiger partial charge is 0.478 e. The van der Waals surface area contributed by atoms with Crippen molar-refractivity contribution < 1.29 is 9.90 Å². The van der Waals surface area contributed by atoms with Crippen molar-refractivity contribution in [2.45, 2.75) is 25.7 Å². The molecule has 1 rings (SSSR count). The van der Waals surface area contributed by atoms with E-state index in [2.05, 4.69) is 0 Å². The smallest absolute Gasteiger partial charge is 0.327 e. The van der Waals surface area contributed by atoms with E-state index in [1.165, 1.54) is 31.8 Å². The number of carbonyl (C=O) groups is 1. The van der Waals surface area contributed by atoms with E-state index < -0.39 is 5.97 Å². The Morgan fingerprint density at radius 1 is 1.40 bits per heavy atom. The maximum Gasteiger partial charge on any atom is 0.327 e. The van der Waals surface area contributed by atoms with E-state index in [4.69, 9.17) is 5.11 Å². The number of hydrogen-bond acceptors (Lipinski definition) is 1. The van der Waals surface area contributed by atoms with Crippen molar-refractivity contribution in [2.75, 3.05) is 0 Å². The van der Waals surface area contributed by atoms with Crippen LogP contribution in [0, 0.1) is 5.92 Å². The highest BCUT2D eigenvalue weighted by atomic mass is 16.4. The lowest BCUT2D eigenvalue weighted by molar-refractivity contribution is -0.131. The van der Waals surface area contributed by atoms with Crippen LogP contribution in [0.3, 0.4) is 0 Å². The zero-order chi connectivity index (χ0) is 7.40. The normalized spacial score (nSPS) is 20.4. The summed E-state index contributed by atoms with van der Waals surface area (Å²) in [7, 11) is 0. The van der Waals surface area contributed by atoms with Crippen molar-refractivity contribution in [1.29, 1.82) is 0 Å². The molecule has 1 fully saturated rings. The van der Waals surface area contributed by atoms with E-state index in [1.807, 2.05) is 6.08 Å². The summed E-state index contributed by atoms with van der Waals surface area (Å²) in [5, 5.41) is 8.29. The molecule has 2 heteroatoms. The number of allylic oxidation sites excluding steroid dienone is 1. The summed E-state index contributed by atoms with van der Waals surface area (Å²) in [6.45, 7) is 0. The zero-order valence-corrected chi connectivity index (χ0v) is 5.92. The molecule has 0 unspecified atom stereocenters. The third kappa shape index (κ3) is 2.21. The first-order valence-corrected chi connectivity index (χ1v) is 3.70. The van der Waals surface area contributed by atoms with Crippen molar-refractivity contribution in [2.24, 2.45) is 5.92 Å². The van der Waals surface area contributed by atoms with Crippen LogP contribution in [-0.4, -0.2) is 11.1 Å². The molecule has 0 bridgehead atoms. The monoisotopic (exact) mass is 140 g/mol. The van der Waals surface area contributed by atoms with Crippen LogP contribution in [0.25, 0.3) is 0 Å². The van der Waals surface area contributed by atoms with Crippen LogP contribution in [-0.2, 0) is 4.79 Å². The van der Waals surface area contributed by atoms with Crippen molar-refractivity contribution in [3.8, 4) is 0 Å². The molecule has 0 spiro atoms. The molecule has 10 heavy (non-hydrogen) atoms. The van der Waals surface area contributed by atoms with E-state index in [9.17, 15) is 4.79 Å². The topological polar surface area (TPSA) is 37.3 Å². The highest BCUT2D eigenvalue weighted by molar-refractivity contribution is 5.79. The summed E-state index contributed by atoms with van der Waals surface area (Å²) in [6, 6.07) is 0. The van der Waals surface area contributed by atoms with Crippen LogP contribution < -0.4 is 0 Å². The molecular formula is C8H12O2. The van der Waals surface area contributed by atoms with E-state index in [-0.39, 0.29) is 0 Å². The Morgan fingerprint density at radius 3 is 2.50 bits per heavy atom. The first-order valence-electron chi connectivity index (χ1n) is 3.70. The average molecular weight is 140 g/mol. The Balaban J connectivity index is 2.29. The van der Waals surface area contributed by atoms with Crippen LogP contribution in [0.5, 0.6) is 0 Å². The standard InChI is InChI=1S/C8H12O2/c9-8(10)6-5-7-3-1-2-4-7/h5-7H,1-4H2,(H,9,10). The van der Waals surface area contributed by atoms with Gasteiger partial charge in [-0.1, -0.05) is 18.9 Å². The summed E-state index contributed by atoms with van der Waals surface area (Å²) in [5.74, 6) is -0.289. The molecule has 0 saturated heterocycles. The molecule has 0 heterocycles. The van der Waals surface area contributed by atoms with Gasteiger partial charge in [-0.15, -0.1) is 0 Å². The lowest BCUT2D eigenvalue weighted by Crippen LogP contribution is -1.91. The van der Waals surface area contributed by atoms with Crippen LogP contribution >= 0.6 is 0 Å². The molecule has 2 nitrogen and oxygen atoms in total. The Hall–Kier alpha value is -0.790. The van der Waals surface area contributed by atoms with Crippen molar-refractivity contribution in [1.82, 2.24) is 0 Å². The van der Waals surface area contributed by atoms with Gasteiger partial charge in [0, 0.05) is 6.08 Å². The first-order chi connectivity index (χ1) is 4.79. The van der Waals surface area contributed by atoms with Gasteiger partial charge in [0.25, 0.3) is 0 Å². The fraction of sp³-hybridized carbons (Fsp3) is 0.625. The fourth-order valence-corrected chi connectivity index (χ4v) is 1.37. The SMILES string of the molecule is O=C(O)C=CC1CCCC1. The number of carboxylic acid groups (broad SMARTS) is 1. The zero-order valence-electron chi connectivity index (χ0n) is 5.92. The number of carboxylic acids is 1. The molecule has 0 amide bonds. The van der Waals surface area contributed by atoms with Gasteiger partial charge in [0.15, 0.2) is 0 Å². The molecule has 0 atom stereocenters. The number of aliphatic carboxylic acids is 1. The molecule has 56 valence electrons. The molecule has 0 aliphatic heterocycles. The molecule has 1 aliphatic rings. The third-order valence-electron chi connectivity index (χ3n) is 1.91. The second-order valence-electron chi connectivity index (χ2n) is 2.74. The van der Waals surface area contributed by atoms with Gasteiger partial charge in [0.05, 0.1) is 0 Å². The molecule has 0 aromatic rings. The van der Waals surface area contributed by atoms with Gasteiger partial charge in [0.1, 0.15) is 0 Å². The molecule has 0 aromatic carbocycles. The summed E-state index contributed by atoms with van der Waals surface area (Å²) < 4.78 is 0. The van der Waals surface area contributed by atoms with Gasteiger partial charge >= 0.3 is 5.97 Å². The maximum atomic E-state index is 10.1. The van der Waals surface area contributed by atoms with E-state index in [0.29, 0.717) is 5.92 Å². The van der Waals surface area contributed by atoms with Crippen LogP contribution in [0.15, 0.2) is 12.2 Å². The lowest BCUT2D eigenvalue weighted by Gasteiger charge is -1.96. The van der Waals surface area contributed by atoms with Crippen molar-refractivity contribution >= 4 is 5.97 Å². The van der Waals surface area contributed by atoms with Crippen LogP contribution in [0.2, 0.25) is 0 Å². The summed E-state index contributed by atoms with van der Waals surface area (Å²) in [6.07, 6.45) is 7.93. The Morgan fingerprint density at radius 2 is 2.00 bits per heavy atom. The van der Waals surface area contributed by atoms with Gasteiger partial charge in [-0.3, -0.25) is 0 Å². The first kappa shape index (κ1) is 7.32. The Labute approximate surface area is 60.6 Å². The number of hydrogen-bond donors (Lipinski definition) is 1. The highest BCUT2D eigenvalue weighted by Gasteiger charge is 2.11. The summed E-state index contributed by atoms with van der Waals surface area (Å²) >= 11 is 0. The molecule has 1 aliphatic carbocycles. The van der Waals surface area contributed by atoms with Crippen LogP contribution in [0.4, 0.5) is 0 Å². The Kier molecular flexibility index (Phi) is 2.49. The molecule has 0 radical (unpaired) electrons. The minimum absolute atomic E-state index is 0.538. The Bertz CT molecular complexity index is 143. The van der Waals surface area contributed by atoms with Gasteiger partial charge in [-0.2, -0.15) is 0 Å². The van der Waals surface area contributed by atoms with E-state index in [1.54, 1.807) is 0 Å². The van der Waals surface area contributed by atoms with E-state index >= 15 is 0 Å².